The summed E-state index contributed by atoms with van der Waals surface area (Å²) < 4.78 is 36.2. The lowest BCUT2D eigenvalue weighted by atomic mass is 10.2. The molecule has 0 aliphatic rings. The highest BCUT2D eigenvalue weighted by atomic mass is 32.2. The summed E-state index contributed by atoms with van der Waals surface area (Å²) in [6.07, 6.45) is 0. The Bertz CT molecular complexity index is 675. The van der Waals surface area contributed by atoms with Gasteiger partial charge in [-0.15, -0.1) is 11.3 Å². The third-order valence-corrected chi connectivity index (χ3v) is 6.01. The minimum atomic E-state index is -3.92. The Hall–Kier alpha value is -1.45. The van der Waals surface area contributed by atoms with E-state index in [0.717, 1.165) is 7.11 Å². The summed E-state index contributed by atoms with van der Waals surface area (Å²) in [6.45, 7) is 5.40. The maximum absolute atomic E-state index is 12.4. The fraction of sp³-hybridized carbons (Fsp3) is 0.538. The largest absolute Gasteiger partial charge is 0.465 e. The second kappa shape index (κ2) is 7.21. The molecule has 7 nitrogen and oxygen atoms in total. The van der Waals surface area contributed by atoms with E-state index < -0.39 is 22.0 Å². The van der Waals surface area contributed by atoms with E-state index in [2.05, 4.69) is 14.2 Å². The number of nitrogens with one attached hydrogen (secondary N) is 1. The van der Waals surface area contributed by atoms with E-state index in [1.807, 2.05) is 13.8 Å². The second-order valence-electron chi connectivity index (χ2n) is 4.95. The number of hydrogen-bond acceptors (Lipinski definition) is 7. The van der Waals surface area contributed by atoms with Crippen molar-refractivity contribution in [1.29, 1.82) is 0 Å². The van der Waals surface area contributed by atoms with Gasteiger partial charge in [-0.3, -0.25) is 0 Å². The quantitative estimate of drug-likeness (QED) is 0.783. The van der Waals surface area contributed by atoms with Crippen LogP contribution in [-0.4, -0.2) is 41.1 Å². The van der Waals surface area contributed by atoms with E-state index in [9.17, 15) is 18.0 Å². The Kier molecular flexibility index (Phi) is 6.09. The van der Waals surface area contributed by atoms with Gasteiger partial charge in [0.05, 0.1) is 19.8 Å². The van der Waals surface area contributed by atoms with Crippen molar-refractivity contribution in [2.75, 3.05) is 20.8 Å². The molecule has 9 heteroatoms. The van der Waals surface area contributed by atoms with Crippen LogP contribution in [0.1, 0.15) is 39.4 Å². The molecular weight excluding hydrogens is 330 g/mol. The van der Waals surface area contributed by atoms with Crippen LogP contribution in [0.2, 0.25) is 0 Å². The summed E-state index contributed by atoms with van der Waals surface area (Å²) in [6, 6.07) is 0. The van der Waals surface area contributed by atoms with Crippen LogP contribution in [0.4, 0.5) is 0 Å². The molecule has 22 heavy (non-hydrogen) atoms. The Morgan fingerprint density at radius 2 is 1.73 bits per heavy atom. The van der Waals surface area contributed by atoms with E-state index in [-0.39, 0.29) is 32.7 Å². The molecule has 0 fully saturated rings. The summed E-state index contributed by atoms with van der Waals surface area (Å²) >= 11 is 0.695. The molecule has 0 aromatic carbocycles. The van der Waals surface area contributed by atoms with Gasteiger partial charge in [0.15, 0.2) is 4.21 Å². The molecule has 124 valence electrons. The van der Waals surface area contributed by atoms with Crippen molar-refractivity contribution in [2.45, 2.75) is 25.0 Å². The summed E-state index contributed by atoms with van der Waals surface area (Å²) in [5.74, 6) is -1.41. The molecule has 0 saturated carbocycles. The molecule has 0 atom stereocenters. The van der Waals surface area contributed by atoms with Gasteiger partial charge in [0.25, 0.3) is 10.0 Å². The lowest BCUT2D eigenvalue weighted by Gasteiger charge is -2.08. The number of esters is 2. The molecule has 1 aromatic rings. The molecule has 0 aliphatic heterocycles. The van der Waals surface area contributed by atoms with Crippen LogP contribution in [0.25, 0.3) is 0 Å². The Labute approximate surface area is 133 Å². The van der Waals surface area contributed by atoms with Gasteiger partial charge in [-0.2, -0.15) is 0 Å². The van der Waals surface area contributed by atoms with Gasteiger partial charge in [0, 0.05) is 6.54 Å². The zero-order valence-electron chi connectivity index (χ0n) is 13.1. The Morgan fingerprint density at radius 3 is 2.18 bits per heavy atom. The maximum atomic E-state index is 12.4. The van der Waals surface area contributed by atoms with Crippen LogP contribution in [0.3, 0.4) is 0 Å². The molecule has 0 saturated heterocycles. The van der Waals surface area contributed by atoms with Crippen LogP contribution >= 0.6 is 11.3 Å². The zero-order valence-corrected chi connectivity index (χ0v) is 14.7. The second-order valence-corrected chi connectivity index (χ2v) is 7.93. The van der Waals surface area contributed by atoms with Crippen molar-refractivity contribution in [3.63, 3.8) is 0 Å². The number of carbonyl (C=O) groups excluding carboxylic acids is 2. The molecule has 0 unspecified atom stereocenters. The number of sulfonamides is 1. The van der Waals surface area contributed by atoms with Crippen molar-refractivity contribution in [1.82, 2.24) is 4.72 Å². The number of rotatable bonds is 6. The molecule has 0 radical (unpaired) electrons. The SMILES string of the molecule is COC(=O)c1sc(S(=O)(=O)NCC(C)C)c(C(=O)OC)c1C. The number of hydrogen-bond donors (Lipinski definition) is 1. The number of carbonyl (C=O) groups is 2. The van der Waals surface area contributed by atoms with Crippen LogP contribution in [0, 0.1) is 12.8 Å². The molecular formula is C13H19NO6S2. The van der Waals surface area contributed by atoms with Gasteiger partial charge in [-0.1, -0.05) is 13.8 Å². The van der Waals surface area contributed by atoms with E-state index >= 15 is 0 Å². The van der Waals surface area contributed by atoms with E-state index in [4.69, 9.17) is 0 Å². The van der Waals surface area contributed by atoms with E-state index in [1.165, 1.54) is 14.0 Å². The molecule has 0 amide bonds. The first-order chi connectivity index (χ1) is 10.2. The smallest absolute Gasteiger partial charge is 0.348 e. The molecule has 0 spiro atoms. The van der Waals surface area contributed by atoms with Gasteiger partial charge >= 0.3 is 11.9 Å². The van der Waals surface area contributed by atoms with Crippen LogP contribution in [0.5, 0.6) is 0 Å². The molecule has 1 rings (SSSR count). The number of ether oxygens (including phenoxy) is 2. The Morgan fingerprint density at radius 1 is 1.18 bits per heavy atom. The van der Waals surface area contributed by atoms with Gasteiger partial charge in [-0.05, 0) is 18.4 Å². The first-order valence-corrected chi connectivity index (χ1v) is 8.75. The van der Waals surface area contributed by atoms with Gasteiger partial charge in [-0.25, -0.2) is 22.7 Å². The predicted molar refractivity (Wildman–Crippen MR) is 81.8 cm³/mol. The molecule has 1 heterocycles. The minimum Gasteiger partial charge on any atom is -0.465 e. The van der Waals surface area contributed by atoms with Crippen molar-refractivity contribution >= 4 is 33.3 Å². The summed E-state index contributed by atoms with van der Waals surface area (Å²) in [5.41, 5.74) is 0.0952. The fourth-order valence-electron chi connectivity index (χ4n) is 1.64. The molecule has 1 N–H and O–H groups in total. The molecule has 0 aliphatic carbocycles. The third kappa shape index (κ3) is 3.84. The monoisotopic (exact) mass is 349 g/mol. The highest BCUT2D eigenvalue weighted by molar-refractivity contribution is 7.91. The van der Waals surface area contributed by atoms with Gasteiger partial charge in [0.1, 0.15) is 4.88 Å². The average Bonchev–Trinajstić information content (AvgIpc) is 2.82. The number of thiophene rings is 1. The Balaban J connectivity index is 3.45. The predicted octanol–water partition coefficient (Wildman–Crippen LogP) is 1.56. The van der Waals surface area contributed by atoms with E-state index in [0.29, 0.717) is 11.3 Å². The summed E-state index contributed by atoms with van der Waals surface area (Å²) in [4.78, 5) is 23.7. The summed E-state index contributed by atoms with van der Waals surface area (Å²) in [5, 5.41) is 0. The molecule has 0 bridgehead atoms. The van der Waals surface area contributed by atoms with Crippen molar-refractivity contribution in [3.05, 3.63) is 16.0 Å². The van der Waals surface area contributed by atoms with Crippen LogP contribution in [0.15, 0.2) is 4.21 Å². The van der Waals surface area contributed by atoms with Crippen molar-refractivity contribution in [3.8, 4) is 0 Å². The first kappa shape index (κ1) is 18.6. The topological polar surface area (TPSA) is 98.8 Å². The third-order valence-electron chi connectivity index (χ3n) is 2.80. The molecule has 1 aromatic heterocycles. The number of methoxy groups -OCH3 is 2. The highest BCUT2D eigenvalue weighted by Gasteiger charge is 2.32. The standard InChI is InChI=1S/C13H19NO6S2/c1-7(2)6-14-22(17,18)13-9(11(15)19-4)8(3)10(21-13)12(16)20-5/h7,14H,6H2,1-5H3. The van der Waals surface area contributed by atoms with Crippen molar-refractivity contribution < 1.29 is 27.5 Å². The maximum Gasteiger partial charge on any atom is 0.348 e. The van der Waals surface area contributed by atoms with Gasteiger partial charge in [0.2, 0.25) is 0 Å². The lowest BCUT2D eigenvalue weighted by Crippen LogP contribution is -2.28. The average molecular weight is 349 g/mol. The first-order valence-electron chi connectivity index (χ1n) is 6.45. The zero-order chi connectivity index (χ0) is 17.1. The fourth-order valence-corrected chi connectivity index (χ4v) is 4.64. The summed E-state index contributed by atoms with van der Waals surface area (Å²) in [7, 11) is -1.59. The van der Waals surface area contributed by atoms with E-state index in [1.54, 1.807) is 0 Å². The minimum absolute atomic E-state index is 0.0628. The highest BCUT2D eigenvalue weighted by Crippen LogP contribution is 2.33. The lowest BCUT2D eigenvalue weighted by molar-refractivity contribution is 0.0596. The normalized spacial score (nSPS) is 11.5. The van der Waals surface area contributed by atoms with Crippen LogP contribution in [-0.2, 0) is 19.5 Å². The van der Waals surface area contributed by atoms with Crippen molar-refractivity contribution in [2.24, 2.45) is 5.92 Å². The van der Waals surface area contributed by atoms with Gasteiger partial charge < -0.3 is 9.47 Å². The van der Waals surface area contributed by atoms with Crippen LogP contribution < -0.4 is 4.72 Å².